The quantitative estimate of drug-likeness (QED) is 0.785. The van der Waals surface area contributed by atoms with Crippen LogP contribution in [0.3, 0.4) is 0 Å². The fraction of sp³-hybridized carbons (Fsp3) is 0.263. The maximum Gasteiger partial charge on any atom is 0.412 e. The maximum atomic E-state index is 12.5. The minimum atomic E-state index is -0.515. The van der Waals surface area contributed by atoms with E-state index < -0.39 is 6.09 Å². The third kappa shape index (κ3) is 4.44. The van der Waals surface area contributed by atoms with Crippen LogP contribution in [-0.2, 0) is 0 Å². The second-order valence-corrected chi connectivity index (χ2v) is 6.15. The molecule has 0 aromatic heterocycles. The number of nitrogens with one attached hydrogen (secondary N) is 1. The van der Waals surface area contributed by atoms with Gasteiger partial charge in [0.2, 0.25) is 0 Å². The summed E-state index contributed by atoms with van der Waals surface area (Å²) < 4.78 is 5.20. The SMILES string of the molecule is O=C(NC1CCN(C(=O)c2cc(O)cc(O)c2)CC1)Oc1ccccc1. The van der Waals surface area contributed by atoms with Crippen molar-refractivity contribution in [1.82, 2.24) is 10.2 Å². The minimum absolute atomic E-state index is 0.0761. The number of likely N-dealkylation sites (tertiary alicyclic amines) is 1. The lowest BCUT2D eigenvalue weighted by atomic mass is 10.0. The third-order valence-electron chi connectivity index (χ3n) is 4.21. The zero-order chi connectivity index (χ0) is 18.5. The molecule has 2 amide bonds. The van der Waals surface area contributed by atoms with E-state index in [1.807, 2.05) is 6.07 Å². The maximum absolute atomic E-state index is 12.5. The fourth-order valence-corrected chi connectivity index (χ4v) is 2.92. The molecule has 0 atom stereocenters. The highest BCUT2D eigenvalue weighted by atomic mass is 16.6. The van der Waals surface area contributed by atoms with E-state index in [0.29, 0.717) is 31.7 Å². The summed E-state index contributed by atoms with van der Waals surface area (Å²) >= 11 is 0. The van der Waals surface area contributed by atoms with Gasteiger partial charge < -0.3 is 25.2 Å². The van der Waals surface area contributed by atoms with Gasteiger partial charge in [0, 0.05) is 30.8 Å². The first-order valence-corrected chi connectivity index (χ1v) is 8.37. The van der Waals surface area contributed by atoms with Crippen molar-refractivity contribution in [3.05, 3.63) is 54.1 Å². The third-order valence-corrected chi connectivity index (χ3v) is 4.21. The molecule has 1 saturated heterocycles. The molecule has 0 saturated carbocycles. The normalized spacial score (nSPS) is 14.7. The number of benzene rings is 2. The monoisotopic (exact) mass is 356 g/mol. The van der Waals surface area contributed by atoms with Crippen molar-refractivity contribution in [3.8, 4) is 17.2 Å². The van der Waals surface area contributed by atoms with Crippen molar-refractivity contribution in [2.24, 2.45) is 0 Å². The minimum Gasteiger partial charge on any atom is -0.508 e. The van der Waals surface area contributed by atoms with Crippen LogP contribution in [0.25, 0.3) is 0 Å². The van der Waals surface area contributed by atoms with Gasteiger partial charge in [-0.05, 0) is 37.1 Å². The van der Waals surface area contributed by atoms with Gasteiger partial charge in [0.25, 0.3) is 5.91 Å². The van der Waals surface area contributed by atoms with Crippen molar-refractivity contribution in [3.63, 3.8) is 0 Å². The Morgan fingerprint density at radius 3 is 2.23 bits per heavy atom. The number of nitrogens with zero attached hydrogens (tertiary/aromatic N) is 1. The number of amides is 2. The van der Waals surface area contributed by atoms with Crippen LogP contribution in [0.2, 0.25) is 0 Å². The van der Waals surface area contributed by atoms with Gasteiger partial charge in [-0.1, -0.05) is 18.2 Å². The molecule has 7 heteroatoms. The molecule has 1 aliphatic rings. The van der Waals surface area contributed by atoms with E-state index in [1.54, 1.807) is 29.2 Å². The number of rotatable bonds is 3. The number of phenolic OH excluding ortho intramolecular Hbond substituents is 2. The Bertz CT molecular complexity index is 766. The van der Waals surface area contributed by atoms with Crippen LogP contribution in [0, 0.1) is 0 Å². The second kappa shape index (κ2) is 7.77. The van der Waals surface area contributed by atoms with Gasteiger partial charge in [-0.2, -0.15) is 0 Å². The Balaban J connectivity index is 1.51. The van der Waals surface area contributed by atoms with Crippen molar-refractivity contribution in [2.75, 3.05) is 13.1 Å². The molecule has 3 rings (SSSR count). The molecule has 1 aliphatic heterocycles. The summed E-state index contributed by atoms with van der Waals surface area (Å²) in [7, 11) is 0. The molecule has 26 heavy (non-hydrogen) atoms. The van der Waals surface area contributed by atoms with Gasteiger partial charge >= 0.3 is 6.09 Å². The van der Waals surface area contributed by atoms with E-state index in [0.717, 1.165) is 0 Å². The van der Waals surface area contributed by atoms with Crippen LogP contribution in [0.4, 0.5) is 4.79 Å². The number of hydrogen-bond acceptors (Lipinski definition) is 5. The number of carbonyl (C=O) groups excluding carboxylic acids is 2. The van der Waals surface area contributed by atoms with E-state index in [1.165, 1.54) is 18.2 Å². The number of hydrogen-bond donors (Lipinski definition) is 3. The standard InChI is InChI=1S/C19H20N2O5/c22-15-10-13(11-16(23)12-15)18(24)21-8-6-14(7-9-21)20-19(25)26-17-4-2-1-3-5-17/h1-5,10-12,14,22-23H,6-9H2,(H,20,25). The molecule has 0 radical (unpaired) electrons. The highest BCUT2D eigenvalue weighted by molar-refractivity contribution is 5.95. The summed E-state index contributed by atoms with van der Waals surface area (Å²) in [5.41, 5.74) is 0.234. The molecule has 1 fully saturated rings. The summed E-state index contributed by atoms with van der Waals surface area (Å²) in [6, 6.07) is 12.5. The molecule has 0 bridgehead atoms. The second-order valence-electron chi connectivity index (χ2n) is 6.15. The lowest BCUT2D eigenvalue weighted by Gasteiger charge is -2.32. The van der Waals surface area contributed by atoms with E-state index in [4.69, 9.17) is 4.74 Å². The average molecular weight is 356 g/mol. The highest BCUT2D eigenvalue weighted by Crippen LogP contribution is 2.23. The summed E-state index contributed by atoms with van der Waals surface area (Å²) in [5, 5.41) is 21.8. The smallest absolute Gasteiger partial charge is 0.412 e. The predicted molar refractivity (Wildman–Crippen MR) is 94.3 cm³/mol. The van der Waals surface area contributed by atoms with E-state index >= 15 is 0 Å². The first-order valence-electron chi connectivity index (χ1n) is 8.37. The van der Waals surface area contributed by atoms with Crippen LogP contribution >= 0.6 is 0 Å². The Morgan fingerprint density at radius 2 is 1.62 bits per heavy atom. The lowest BCUT2D eigenvalue weighted by Crippen LogP contribution is -2.47. The molecule has 136 valence electrons. The van der Waals surface area contributed by atoms with Gasteiger partial charge in [-0.3, -0.25) is 4.79 Å². The molecular formula is C19H20N2O5. The van der Waals surface area contributed by atoms with Crippen molar-refractivity contribution < 1.29 is 24.5 Å². The zero-order valence-electron chi connectivity index (χ0n) is 14.1. The van der Waals surface area contributed by atoms with Gasteiger partial charge in [0.15, 0.2) is 0 Å². The van der Waals surface area contributed by atoms with Crippen LogP contribution in [-0.4, -0.2) is 46.2 Å². The largest absolute Gasteiger partial charge is 0.508 e. The number of para-hydroxylation sites is 1. The van der Waals surface area contributed by atoms with Crippen molar-refractivity contribution in [1.29, 1.82) is 0 Å². The Hall–Kier alpha value is -3.22. The first-order chi connectivity index (χ1) is 12.5. The number of ether oxygens (including phenoxy) is 1. The van der Waals surface area contributed by atoms with E-state index in [-0.39, 0.29) is 29.0 Å². The molecule has 2 aromatic rings. The summed E-state index contributed by atoms with van der Waals surface area (Å²) in [6.07, 6.45) is 0.680. The van der Waals surface area contributed by atoms with Gasteiger partial charge in [0.05, 0.1) is 0 Å². The predicted octanol–water partition coefficient (Wildman–Crippen LogP) is 2.49. The molecule has 3 N–H and O–H groups in total. The fourth-order valence-electron chi connectivity index (χ4n) is 2.92. The topological polar surface area (TPSA) is 99.1 Å². The van der Waals surface area contributed by atoms with Gasteiger partial charge in [-0.15, -0.1) is 0 Å². The highest BCUT2D eigenvalue weighted by Gasteiger charge is 2.25. The summed E-state index contributed by atoms with van der Waals surface area (Å²) in [4.78, 5) is 26.0. The first kappa shape index (κ1) is 17.6. The molecule has 0 unspecified atom stereocenters. The summed E-state index contributed by atoms with van der Waals surface area (Å²) in [5.74, 6) is -0.107. The summed E-state index contributed by atoms with van der Waals surface area (Å²) in [6.45, 7) is 0.928. The van der Waals surface area contributed by atoms with E-state index in [2.05, 4.69) is 5.32 Å². The average Bonchev–Trinajstić information content (AvgIpc) is 2.61. The number of carbonyl (C=O) groups is 2. The van der Waals surface area contributed by atoms with Crippen molar-refractivity contribution >= 4 is 12.0 Å². The molecule has 0 aliphatic carbocycles. The number of aromatic hydroxyl groups is 2. The molecule has 1 heterocycles. The van der Waals surface area contributed by atoms with Crippen LogP contribution < -0.4 is 10.1 Å². The van der Waals surface area contributed by atoms with Gasteiger partial charge in [0.1, 0.15) is 17.2 Å². The molecule has 2 aromatic carbocycles. The Labute approximate surface area is 150 Å². The molecule has 7 nitrogen and oxygen atoms in total. The van der Waals surface area contributed by atoms with Crippen LogP contribution in [0.5, 0.6) is 17.2 Å². The number of phenols is 2. The Morgan fingerprint density at radius 1 is 1.00 bits per heavy atom. The molecule has 0 spiro atoms. The Kier molecular flexibility index (Phi) is 5.26. The lowest BCUT2D eigenvalue weighted by molar-refractivity contribution is 0.0705. The van der Waals surface area contributed by atoms with Crippen LogP contribution in [0.15, 0.2) is 48.5 Å². The number of piperidine rings is 1. The van der Waals surface area contributed by atoms with E-state index in [9.17, 15) is 19.8 Å². The van der Waals surface area contributed by atoms with Gasteiger partial charge in [-0.25, -0.2) is 4.79 Å². The zero-order valence-corrected chi connectivity index (χ0v) is 14.1. The van der Waals surface area contributed by atoms with Crippen molar-refractivity contribution in [2.45, 2.75) is 18.9 Å². The molecular weight excluding hydrogens is 336 g/mol. The van der Waals surface area contributed by atoms with Crippen LogP contribution in [0.1, 0.15) is 23.2 Å².